The van der Waals surface area contributed by atoms with Crippen LogP contribution < -0.4 is 26.2 Å². The molecule has 3 aliphatic rings. The summed E-state index contributed by atoms with van der Waals surface area (Å²) in [7, 11) is 0. The molecular formula is C57H68F2N12O8S. The van der Waals surface area contributed by atoms with Crippen molar-refractivity contribution in [3.8, 4) is 10.4 Å². The molecule has 23 heteroatoms. The lowest BCUT2D eigenvalue weighted by molar-refractivity contribution is -0.144. The molecule has 4 atom stereocenters. The maximum Gasteiger partial charge on any atom is 0.274 e. The normalized spacial score (nSPS) is 18.1. The van der Waals surface area contributed by atoms with Gasteiger partial charge in [0, 0.05) is 63.4 Å². The minimum Gasteiger partial charge on any atom is -0.391 e. The van der Waals surface area contributed by atoms with Gasteiger partial charge in [0.1, 0.15) is 46.7 Å². The van der Waals surface area contributed by atoms with E-state index in [2.05, 4.69) is 36.3 Å². The van der Waals surface area contributed by atoms with Gasteiger partial charge in [0.25, 0.3) is 5.91 Å². The SMILES string of the molecule is Cc1ncsc1-c1ccc(CNC(=O)[C@@H]2C[C@@H](O)CN2C(=O)[C@@H](NC(=O)CCOCCOCCC(=O)N2CCC(Nc3cccc(C(=O)Nc4cnn5ccc(N6CCC[C@@H]6c6cc(F)ccc6F)nc45)n3)CC2)C(C)(C)C)cc1. The first-order valence-corrected chi connectivity index (χ1v) is 28.0. The largest absolute Gasteiger partial charge is 0.391 e. The summed E-state index contributed by atoms with van der Waals surface area (Å²) in [4.78, 5) is 87.1. The summed E-state index contributed by atoms with van der Waals surface area (Å²) in [6.45, 7) is 9.99. The quantitative estimate of drug-likeness (QED) is 0.0487. The molecule has 80 heavy (non-hydrogen) atoms. The molecule has 0 aliphatic carbocycles. The van der Waals surface area contributed by atoms with Crippen molar-refractivity contribution < 1.29 is 47.3 Å². The van der Waals surface area contributed by atoms with Crippen LogP contribution in [-0.4, -0.2) is 146 Å². The van der Waals surface area contributed by atoms with Crippen LogP contribution in [0.2, 0.25) is 0 Å². The number of pyridine rings is 1. The third-order valence-corrected chi connectivity index (χ3v) is 15.6. The Balaban J connectivity index is 0.653. The summed E-state index contributed by atoms with van der Waals surface area (Å²) in [5, 5.41) is 27.0. The monoisotopic (exact) mass is 1120 g/mol. The fourth-order valence-corrected chi connectivity index (χ4v) is 11.2. The molecule has 5 N–H and O–H groups in total. The van der Waals surface area contributed by atoms with Crippen molar-refractivity contribution in [3.63, 3.8) is 0 Å². The van der Waals surface area contributed by atoms with Gasteiger partial charge in [-0.15, -0.1) is 11.3 Å². The van der Waals surface area contributed by atoms with Gasteiger partial charge in [-0.2, -0.15) is 5.10 Å². The van der Waals surface area contributed by atoms with Crippen LogP contribution in [0.3, 0.4) is 0 Å². The lowest BCUT2D eigenvalue weighted by Crippen LogP contribution is -2.57. The zero-order valence-electron chi connectivity index (χ0n) is 45.3. The number of fused-ring (bicyclic) bond motifs is 1. The summed E-state index contributed by atoms with van der Waals surface area (Å²) < 4.78 is 41.8. The Morgan fingerprint density at radius 2 is 1.66 bits per heavy atom. The number of thiazole rings is 1. The van der Waals surface area contributed by atoms with Gasteiger partial charge in [0.05, 0.1) is 67.3 Å². The molecule has 424 valence electrons. The number of aliphatic hydroxyl groups is 1. The van der Waals surface area contributed by atoms with E-state index in [0.717, 1.165) is 40.3 Å². The van der Waals surface area contributed by atoms with E-state index in [-0.39, 0.29) is 87.9 Å². The van der Waals surface area contributed by atoms with Crippen molar-refractivity contribution in [2.24, 2.45) is 5.41 Å². The van der Waals surface area contributed by atoms with Crippen LogP contribution in [0.15, 0.2) is 84.6 Å². The molecule has 3 aliphatic heterocycles. The first-order chi connectivity index (χ1) is 38.5. The first-order valence-electron chi connectivity index (χ1n) is 27.1. The number of piperidine rings is 1. The number of hydrogen-bond donors (Lipinski definition) is 5. The number of nitrogens with zero attached hydrogens (tertiary/aromatic N) is 8. The van der Waals surface area contributed by atoms with Crippen LogP contribution in [0.1, 0.15) is 99.1 Å². The third kappa shape index (κ3) is 14.1. The maximum absolute atomic E-state index is 14.8. The van der Waals surface area contributed by atoms with Gasteiger partial charge in [-0.25, -0.2) is 28.2 Å². The molecular weight excluding hydrogens is 1050 g/mol. The highest BCUT2D eigenvalue weighted by Gasteiger charge is 2.44. The van der Waals surface area contributed by atoms with Crippen LogP contribution in [0.5, 0.6) is 0 Å². The molecule has 0 spiro atoms. The van der Waals surface area contributed by atoms with E-state index in [0.29, 0.717) is 61.9 Å². The summed E-state index contributed by atoms with van der Waals surface area (Å²) in [6.07, 6.45) is 5.31. The first kappa shape index (κ1) is 57.2. The van der Waals surface area contributed by atoms with Crippen molar-refractivity contribution in [2.75, 3.05) is 68.1 Å². The highest BCUT2D eigenvalue weighted by atomic mass is 32.1. The molecule has 3 fully saturated rings. The van der Waals surface area contributed by atoms with Crippen molar-refractivity contribution >= 4 is 63.8 Å². The van der Waals surface area contributed by atoms with Gasteiger partial charge in [0.15, 0.2) is 5.65 Å². The second-order valence-electron chi connectivity index (χ2n) is 21.5. The number of carbonyl (C=O) groups excluding carboxylic acids is 5. The zero-order chi connectivity index (χ0) is 56.5. The smallest absolute Gasteiger partial charge is 0.274 e. The number of ether oxygens (including phenoxy) is 2. The fourth-order valence-electron chi connectivity index (χ4n) is 10.4. The van der Waals surface area contributed by atoms with E-state index in [1.807, 2.05) is 56.9 Å². The number of benzene rings is 2. The number of nitrogens with one attached hydrogen (secondary N) is 4. The minimum atomic E-state index is -0.967. The Kier molecular flexibility index (Phi) is 18.4. The van der Waals surface area contributed by atoms with E-state index < -0.39 is 59.0 Å². The summed E-state index contributed by atoms with van der Waals surface area (Å²) in [5.41, 5.74) is 5.15. The number of anilines is 3. The molecule has 4 aromatic heterocycles. The molecule has 5 amide bonds. The van der Waals surface area contributed by atoms with E-state index in [4.69, 9.17) is 14.5 Å². The number of aryl methyl sites for hydroxylation is 1. The molecule has 0 radical (unpaired) electrons. The number of hydrogen-bond acceptors (Lipinski definition) is 15. The summed E-state index contributed by atoms with van der Waals surface area (Å²) in [6, 6.07) is 15.9. The van der Waals surface area contributed by atoms with Crippen LogP contribution in [0.25, 0.3) is 16.1 Å². The molecule has 9 rings (SSSR count). The summed E-state index contributed by atoms with van der Waals surface area (Å²) in [5.74, 6) is -1.66. The molecule has 6 aromatic rings. The standard InChI is InChI=1S/C57H68F2N12O8S/c1-35-51(80-34-61-35)37-12-10-36(11-13-37)31-60-55(76)46-30-40(72)33-70(46)56(77)52(57(2,3)4)67-49(73)19-25-78-27-28-79-26-20-50(74)68-22-16-39(17-23-68)63-47-9-5-7-43(64-47)54(75)65-44-32-62-71-24-18-48(66-53(44)71)69-21-6-8-45(69)41-29-38(58)14-15-42(41)59/h5,7,9-15,18,24,29,32,34,39-40,45-46,52,72H,6,8,16-17,19-23,25-28,30-31,33H2,1-4H3,(H,60,76)(H,63,64)(H,65,75)(H,67,73)/t40-,45-,46+,52-/m1/s1. The van der Waals surface area contributed by atoms with Gasteiger partial charge in [-0.05, 0) is 85.5 Å². The topological polar surface area (TPSA) is 238 Å². The zero-order valence-corrected chi connectivity index (χ0v) is 46.1. The van der Waals surface area contributed by atoms with Gasteiger partial charge in [-0.3, -0.25) is 24.0 Å². The van der Waals surface area contributed by atoms with E-state index in [9.17, 15) is 37.9 Å². The van der Waals surface area contributed by atoms with Crippen LogP contribution in [-0.2, 0) is 35.2 Å². The van der Waals surface area contributed by atoms with Gasteiger partial charge >= 0.3 is 0 Å². The van der Waals surface area contributed by atoms with Gasteiger partial charge in [-0.1, -0.05) is 51.1 Å². The van der Waals surface area contributed by atoms with Crippen LogP contribution in [0.4, 0.5) is 26.1 Å². The summed E-state index contributed by atoms with van der Waals surface area (Å²) >= 11 is 1.56. The number of halogens is 2. The predicted octanol–water partition coefficient (Wildman–Crippen LogP) is 6.45. The lowest BCUT2D eigenvalue weighted by atomic mass is 9.85. The maximum atomic E-state index is 14.8. The number of aliphatic hydroxyl groups excluding tert-OH is 1. The molecule has 0 unspecified atom stereocenters. The van der Waals surface area contributed by atoms with Gasteiger partial charge in [0.2, 0.25) is 23.6 Å². The number of amides is 5. The number of carbonyl (C=O) groups is 5. The predicted molar refractivity (Wildman–Crippen MR) is 297 cm³/mol. The molecule has 2 aromatic carbocycles. The second-order valence-corrected chi connectivity index (χ2v) is 22.3. The molecule has 0 saturated carbocycles. The average Bonchev–Trinajstić information content (AvgIpc) is 4.31. The van der Waals surface area contributed by atoms with E-state index >= 15 is 0 Å². The van der Waals surface area contributed by atoms with Crippen molar-refractivity contribution in [2.45, 2.75) is 109 Å². The lowest BCUT2D eigenvalue weighted by Gasteiger charge is -2.35. The Morgan fingerprint density at radius 1 is 0.900 bits per heavy atom. The highest BCUT2D eigenvalue weighted by molar-refractivity contribution is 7.13. The fraction of sp³-hybridized carbons (Fsp3) is 0.456. The Morgan fingerprint density at radius 3 is 2.40 bits per heavy atom. The van der Waals surface area contributed by atoms with Crippen molar-refractivity contribution in [1.29, 1.82) is 0 Å². The molecule has 0 bridgehead atoms. The van der Waals surface area contributed by atoms with Crippen LogP contribution in [0, 0.1) is 24.0 Å². The Labute approximate surface area is 466 Å². The Bertz CT molecular complexity index is 3160. The second kappa shape index (κ2) is 25.8. The van der Waals surface area contributed by atoms with Gasteiger partial charge < -0.3 is 50.5 Å². The van der Waals surface area contributed by atoms with Crippen molar-refractivity contribution in [3.05, 3.63) is 119 Å². The number of aromatic nitrogens is 5. The Hall–Kier alpha value is -7.47. The number of β-amino-alcohol motifs (C(OH)–C–C–N with tert-alkyl or cyclic N) is 1. The molecule has 3 saturated heterocycles. The average molecular weight is 1120 g/mol. The van der Waals surface area contributed by atoms with Crippen LogP contribution >= 0.6 is 11.3 Å². The highest BCUT2D eigenvalue weighted by Crippen LogP contribution is 2.37. The molecule has 7 heterocycles. The van der Waals surface area contributed by atoms with Crippen molar-refractivity contribution in [1.82, 2.24) is 45.0 Å². The number of rotatable bonds is 21. The minimum absolute atomic E-state index is 0.0164. The number of likely N-dealkylation sites (tertiary alicyclic amines) is 2. The molecule has 20 nitrogen and oxygen atoms in total. The third-order valence-electron chi connectivity index (χ3n) is 14.7. The van der Waals surface area contributed by atoms with E-state index in [1.54, 1.807) is 52.2 Å². The van der Waals surface area contributed by atoms with E-state index in [1.165, 1.54) is 21.7 Å².